The number of hydrogen-bond donors (Lipinski definition) is 1. The molecule has 1 aromatic rings. The summed E-state index contributed by atoms with van der Waals surface area (Å²) in [6, 6.07) is 3.54. The molecule has 0 fully saturated rings. The zero-order chi connectivity index (χ0) is 10.6. The van der Waals surface area contributed by atoms with Gasteiger partial charge in [0, 0.05) is 11.4 Å². The Hall–Kier alpha value is -0.760. The first kappa shape index (κ1) is 11.3. The molecule has 0 saturated heterocycles. The van der Waals surface area contributed by atoms with Crippen molar-refractivity contribution in [2.24, 2.45) is 0 Å². The lowest BCUT2D eigenvalue weighted by Crippen LogP contribution is -2.02. The summed E-state index contributed by atoms with van der Waals surface area (Å²) in [5.74, 6) is 0. The number of aliphatic hydroxyl groups is 1. The van der Waals surface area contributed by atoms with E-state index in [0.717, 1.165) is 0 Å². The minimum Gasteiger partial charge on any atom is -0.395 e. The Balaban J connectivity index is 2.94. The molecule has 14 heavy (non-hydrogen) atoms. The predicted molar refractivity (Wildman–Crippen MR) is 56.4 cm³/mol. The van der Waals surface area contributed by atoms with Gasteiger partial charge in [0.15, 0.2) is 0 Å². The predicted octanol–water partition coefficient (Wildman–Crippen LogP) is 2.08. The van der Waals surface area contributed by atoms with Crippen LogP contribution in [0.25, 0.3) is 0 Å². The van der Waals surface area contributed by atoms with Crippen molar-refractivity contribution >= 4 is 23.4 Å². The zero-order valence-electron chi connectivity index (χ0n) is 7.57. The third-order valence-corrected chi connectivity index (χ3v) is 3.13. The lowest BCUT2D eigenvalue weighted by molar-refractivity contribution is 0.300. The maximum Gasteiger partial charge on any atom is 0.116 e. The minimum absolute atomic E-state index is 0.0222. The molecule has 1 aromatic heterocycles. The van der Waals surface area contributed by atoms with E-state index < -0.39 is 0 Å². The second-order valence-electron chi connectivity index (χ2n) is 2.70. The van der Waals surface area contributed by atoms with Gasteiger partial charge in [-0.1, -0.05) is 30.3 Å². The molecule has 1 rings (SSSR count). The van der Waals surface area contributed by atoms with E-state index in [1.54, 1.807) is 6.07 Å². The molecule has 3 nitrogen and oxygen atoms in total. The fourth-order valence-corrected chi connectivity index (χ4v) is 1.90. The monoisotopic (exact) mass is 228 g/mol. The van der Waals surface area contributed by atoms with Gasteiger partial charge in [0.05, 0.1) is 17.2 Å². The standard InChI is InChI=1S/C9H9ClN2OS/c1-6(5-13)14-9-8(10)7(4-11)2-3-12-9/h2-3,6,13H,5H2,1H3. The van der Waals surface area contributed by atoms with Crippen LogP contribution in [0.3, 0.4) is 0 Å². The van der Waals surface area contributed by atoms with E-state index in [2.05, 4.69) is 4.98 Å². The molecule has 0 aliphatic heterocycles. The van der Waals surface area contributed by atoms with Crippen molar-refractivity contribution < 1.29 is 5.11 Å². The quantitative estimate of drug-likeness (QED) is 0.805. The van der Waals surface area contributed by atoms with Crippen LogP contribution in [-0.2, 0) is 0 Å². The smallest absolute Gasteiger partial charge is 0.116 e. The van der Waals surface area contributed by atoms with Crippen LogP contribution in [0.5, 0.6) is 0 Å². The molecule has 0 aliphatic carbocycles. The fourth-order valence-electron chi connectivity index (χ4n) is 0.821. The summed E-state index contributed by atoms with van der Waals surface area (Å²) in [7, 11) is 0. The number of aromatic nitrogens is 1. The molecule has 1 unspecified atom stereocenters. The summed E-state index contributed by atoms with van der Waals surface area (Å²) in [6.45, 7) is 1.92. The van der Waals surface area contributed by atoms with Crippen LogP contribution in [0.15, 0.2) is 17.3 Å². The molecule has 1 atom stereocenters. The number of nitrogens with zero attached hydrogens (tertiary/aromatic N) is 2. The van der Waals surface area contributed by atoms with Crippen molar-refractivity contribution in [3.63, 3.8) is 0 Å². The molecular weight excluding hydrogens is 220 g/mol. The highest BCUT2D eigenvalue weighted by Crippen LogP contribution is 2.29. The number of aliphatic hydroxyl groups excluding tert-OH is 1. The molecule has 74 valence electrons. The maximum absolute atomic E-state index is 8.86. The largest absolute Gasteiger partial charge is 0.395 e. The van der Waals surface area contributed by atoms with E-state index in [-0.39, 0.29) is 11.9 Å². The maximum atomic E-state index is 8.86. The van der Waals surface area contributed by atoms with Crippen molar-refractivity contribution in [1.29, 1.82) is 5.26 Å². The Labute approximate surface area is 91.7 Å². The van der Waals surface area contributed by atoms with Crippen LogP contribution in [0.2, 0.25) is 5.02 Å². The average Bonchev–Trinajstić information content (AvgIpc) is 2.21. The summed E-state index contributed by atoms with van der Waals surface area (Å²) in [5.41, 5.74) is 0.411. The highest BCUT2D eigenvalue weighted by molar-refractivity contribution is 8.00. The van der Waals surface area contributed by atoms with Crippen LogP contribution in [0, 0.1) is 11.3 Å². The van der Waals surface area contributed by atoms with Crippen LogP contribution in [0.4, 0.5) is 0 Å². The molecule has 0 amide bonds. The minimum atomic E-state index is 0.0222. The normalized spacial score (nSPS) is 12.1. The number of thioether (sulfide) groups is 1. The van der Waals surface area contributed by atoms with Crippen molar-refractivity contribution in [3.05, 3.63) is 22.8 Å². The Morgan fingerprint density at radius 1 is 1.79 bits per heavy atom. The Bertz CT molecular complexity index is 364. The average molecular weight is 229 g/mol. The Kier molecular flexibility index (Phi) is 4.21. The molecule has 1 N–H and O–H groups in total. The fraction of sp³-hybridized carbons (Fsp3) is 0.333. The van der Waals surface area contributed by atoms with Crippen molar-refractivity contribution in [2.45, 2.75) is 17.2 Å². The van der Waals surface area contributed by atoms with Gasteiger partial charge in [0.1, 0.15) is 11.1 Å². The molecule has 0 bridgehead atoms. The number of pyridine rings is 1. The first-order valence-corrected chi connectivity index (χ1v) is 5.27. The van der Waals surface area contributed by atoms with Gasteiger partial charge >= 0.3 is 0 Å². The van der Waals surface area contributed by atoms with Crippen LogP contribution in [-0.4, -0.2) is 21.9 Å². The van der Waals surface area contributed by atoms with Gasteiger partial charge in [-0.3, -0.25) is 0 Å². The van der Waals surface area contributed by atoms with Gasteiger partial charge in [-0.2, -0.15) is 5.26 Å². The van der Waals surface area contributed by atoms with E-state index >= 15 is 0 Å². The molecule has 0 radical (unpaired) electrons. The van der Waals surface area contributed by atoms with Gasteiger partial charge < -0.3 is 5.11 Å². The van der Waals surface area contributed by atoms with Crippen LogP contribution < -0.4 is 0 Å². The third-order valence-electron chi connectivity index (χ3n) is 1.55. The van der Waals surface area contributed by atoms with E-state index in [9.17, 15) is 0 Å². The topological polar surface area (TPSA) is 56.9 Å². The number of hydrogen-bond acceptors (Lipinski definition) is 4. The van der Waals surface area contributed by atoms with Gasteiger partial charge in [0.2, 0.25) is 0 Å². The van der Waals surface area contributed by atoms with Crippen molar-refractivity contribution in [1.82, 2.24) is 4.98 Å². The molecule has 0 saturated carbocycles. The second-order valence-corrected chi connectivity index (χ2v) is 4.51. The van der Waals surface area contributed by atoms with Crippen molar-refractivity contribution in [2.75, 3.05) is 6.61 Å². The first-order chi connectivity index (χ1) is 6.69. The molecule has 1 heterocycles. The SMILES string of the molecule is CC(CO)Sc1nccc(C#N)c1Cl. The summed E-state index contributed by atoms with van der Waals surface area (Å²) in [5, 5.41) is 18.5. The number of halogens is 1. The lowest BCUT2D eigenvalue weighted by Gasteiger charge is -2.08. The summed E-state index contributed by atoms with van der Waals surface area (Å²) < 4.78 is 0. The molecule has 5 heteroatoms. The highest BCUT2D eigenvalue weighted by atomic mass is 35.5. The van der Waals surface area contributed by atoms with E-state index in [4.69, 9.17) is 22.0 Å². The molecule has 0 aromatic carbocycles. The van der Waals surface area contributed by atoms with E-state index in [1.165, 1.54) is 18.0 Å². The van der Waals surface area contributed by atoms with Gasteiger partial charge in [-0.15, -0.1) is 0 Å². The van der Waals surface area contributed by atoms with Crippen LogP contribution >= 0.6 is 23.4 Å². The lowest BCUT2D eigenvalue weighted by atomic mass is 10.3. The first-order valence-electron chi connectivity index (χ1n) is 4.01. The summed E-state index contributed by atoms with van der Waals surface area (Å²) in [4.78, 5) is 4.04. The van der Waals surface area contributed by atoms with Crippen LogP contribution in [0.1, 0.15) is 12.5 Å². The van der Waals surface area contributed by atoms with E-state index in [0.29, 0.717) is 15.6 Å². The van der Waals surface area contributed by atoms with Gasteiger partial charge in [-0.05, 0) is 6.07 Å². The third kappa shape index (κ3) is 2.61. The summed E-state index contributed by atoms with van der Waals surface area (Å²) in [6.07, 6.45) is 1.54. The Morgan fingerprint density at radius 3 is 3.07 bits per heavy atom. The zero-order valence-corrected chi connectivity index (χ0v) is 9.14. The molecule has 0 spiro atoms. The number of nitriles is 1. The van der Waals surface area contributed by atoms with Gasteiger partial charge in [-0.25, -0.2) is 4.98 Å². The highest BCUT2D eigenvalue weighted by Gasteiger charge is 2.10. The Morgan fingerprint density at radius 2 is 2.50 bits per heavy atom. The molecule has 0 aliphatic rings. The van der Waals surface area contributed by atoms with E-state index in [1.807, 2.05) is 13.0 Å². The second kappa shape index (κ2) is 5.20. The van der Waals surface area contributed by atoms with Gasteiger partial charge in [0.25, 0.3) is 0 Å². The number of rotatable bonds is 3. The molecular formula is C9H9ClN2OS. The summed E-state index contributed by atoms with van der Waals surface area (Å²) >= 11 is 7.28. The van der Waals surface area contributed by atoms with Crippen molar-refractivity contribution in [3.8, 4) is 6.07 Å².